The molecule has 2 aromatic carbocycles. The second kappa shape index (κ2) is 5.69. The van der Waals surface area contributed by atoms with E-state index in [9.17, 15) is 4.79 Å². The molecule has 2 N–H and O–H groups in total. The molecule has 3 aromatic rings. The Morgan fingerprint density at radius 2 is 2.00 bits per heavy atom. The van der Waals surface area contributed by atoms with Crippen molar-refractivity contribution in [3.05, 3.63) is 54.2 Å². The molecule has 1 amide bonds. The third kappa shape index (κ3) is 2.43. The Morgan fingerprint density at radius 1 is 1.21 bits per heavy atom. The molecule has 1 aliphatic rings. The van der Waals surface area contributed by atoms with E-state index in [1.807, 2.05) is 25.4 Å². The number of ether oxygens (including phenoxy) is 1. The van der Waals surface area contributed by atoms with Crippen molar-refractivity contribution >= 4 is 16.8 Å². The molecule has 1 aliphatic heterocycles. The second-order valence-corrected chi connectivity index (χ2v) is 6.14. The van der Waals surface area contributed by atoms with Gasteiger partial charge in [-0.2, -0.15) is 0 Å². The van der Waals surface area contributed by atoms with E-state index >= 15 is 0 Å². The van der Waals surface area contributed by atoms with Crippen LogP contribution in [0.2, 0.25) is 0 Å². The number of amides is 1. The van der Waals surface area contributed by atoms with E-state index in [-0.39, 0.29) is 0 Å². The van der Waals surface area contributed by atoms with E-state index in [1.54, 1.807) is 5.48 Å². The zero-order chi connectivity index (χ0) is 16.7. The van der Waals surface area contributed by atoms with Crippen LogP contribution in [0.15, 0.2) is 48.7 Å². The third-order valence-corrected chi connectivity index (χ3v) is 4.63. The van der Waals surface area contributed by atoms with Gasteiger partial charge < -0.3 is 9.30 Å². The van der Waals surface area contributed by atoms with Crippen LogP contribution in [-0.4, -0.2) is 21.8 Å². The highest BCUT2D eigenvalue weighted by atomic mass is 16.5. The molecule has 1 aromatic heterocycles. The number of nitrogens with zero attached hydrogens (tertiary/aromatic N) is 1. The van der Waals surface area contributed by atoms with Gasteiger partial charge in [-0.25, -0.2) is 5.48 Å². The zero-order valence-corrected chi connectivity index (χ0v) is 13.3. The number of carbonyl (C=O) groups excluding carboxylic acids is 1. The number of benzene rings is 2. The van der Waals surface area contributed by atoms with Crippen molar-refractivity contribution in [2.75, 3.05) is 0 Å². The molecular formula is C19H18N2O3. The maximum atomic E-state index is 11.6. The normalized spacial score (nSPS) is 16.5. The van der Waals surface area contributed by atoms with Crippen LogP contribution in [0.4, 0.5) is 0 Å². The predicted molar refractivity (Wildman–Crippen MR) is 91.0 cm³/mol. The standard InChI is InChI=1S/C19H18N2O3/c1-21-9-8-15-10-13(4-6-16(15)21)14-3-2-12-5-7-17(19(22)20-23)24-18(12)11-14/h2-4,6,8-11,17,23H,5,7H2,1H3,(H,20,22). The molecule has 0 aliphatic carbocycles. The van der Waals surface area contributed by atoms with Crippen molar-refractivity contribution in [2.45, 2.75) is 18.9 Å². The molecule has 0 radical (unpaired) electrons. The lowest BCUT2D eigenvalue weighted by molar-refractivity contribution is -0.137. The molecule has 0 spiro atoms. The fourth-order valence-corrected chi connectivity index (χ4v) is 3.27. The summed E-state index contributed by atoms with van der Waals surface area (Å²) < 4.78 is 7.85. The van der Waals surface area contributed by atoms with Crippen molar-refractivity contribution < 1.29 is 14.7 Å². The van der Waals surface area contributed by atoms with E-state index in [2.05, 4.69) is 34.9 Å². The number of hydrogen-bond acceptors (Lipinski definition) is 3. The summed E-state index contributed by atoms with van der Waals surface area (Å²) in [6, 6.07) is 14.5. The number of nitrogens with one attached hydrogen (secondary N) is 1. The summed E-state index contributed by atoms with van der Waals surface area (Å²) in [5.41, 5.74) is 6.09. The molecule has 0 saturated heterocycles. The summed E-state index contributed by atoms with van der Waals surface area (Å²) in [5.74, 6) is 0.206. The Kier molecular flexibility index (Phi) is 3.50. The molecule has 5 nitrogen and oxygen atoms in total. The van der Waals surface area contributed by atoms with Gasteiger partial charge in [0.2, 0.25) is 0 Å². The molecule has 1 atom stereocenters. The third-order valence-electron chi connectivity index (χ3n) is 4.63. The van der Waals surface area contributed by atoms with Crippen LogP contribution in [0.5, 0.6) is 5.75 Å². The van der Waals surface area contributed by atoms with Gasteiger partial charge in [0.1, 0.15) is 5.75 Å². The van der Waals surface area contributed by atoms with Crippen LogP contribution in [0.3, 0.4) is 0 Å². The summed E-state index contributed by atoms with van der Waals surface area (Å²) in [7, 11) is 2.03. The van der Waals surface area contributed by atoms with Gasteiger partial charge in [0.15, 0.2) is 6.10 Å². The van der Waals surface area contributed by atoms with Gasteiger partial charge >= 0.3 is 0 Å². The summed E-state index contributed by atoms with van der Waals surface area (Å²) >= 11 is 0. The number of rotatable bonds is 2. The molecular weight excluding hydrogens is 304 g/mol. The lowest BCUT2D eigenvalue weighted by Crippen LogP contribution is -2.38. The number of fused-ring (bicyclic) bond motifs is 2. The molecule has 4 rings (SSSR count). The van der Waals surface area contributed by atoms with Crippen LogP contribution in [0, 0.1) is 0 Å². The topological polar surface area (TPSA) is 63.5 Å². The van der Waals surface area contributed by atoms with Crippen molar-refractivity contribution in [3.8, 4) is 16.9 Å². The largest absolute Gasteiger partial charge is 0.480 e. The van der Waals surface area contributed by atoms with Gasteiger partial charge in [-0.3, -0.25) is 10.0 Å². The first-order valence-corrected chi connectivity index (χ1v) is 7.95. The Hall–Kier alpha value is -2.79. The number of hydroxylamine groups is 1. The molecule has 122 valence electrons. The molecule has 0 fully saturated rings. The van der Waals surface area contributed by atoms with Gasteiger partial charge in [-0.05, 0) is 53.8 Å². The maximum absolute atomic E-state index is 11.6. The Balaban J connectivity index is 1.70. The highest BCUT2D eigenvalue weighted by Crippen LogP contribution is 2.33. The maximum Gasteiger partial charge on any atom is 0.284 e. The summed E-state index contributed by atoms with van der Waals surface area (Å²) in [5, 5.41) is 9.97. The van der Waals surface area contributed by atoms with Crippen molar-refractivity contribution in [1.82, 2.24) is 10.0 Å². The van der Waals surface area contributed by atoms with E-state index < -0.39 is 12.0 Å². The van der Waals surface area contributed by atoms with Crippen molar-refractivity contribution in [1.29, 1.82) is 0 Å². The van der Waals surface area contributed by atoms with Gasteiger partial charge in [0, 0.05) is 24.1 Å². The summed E-state index contributed by atoms with van der Waals surface area (Å²) in [6.45, 7) is 0. The van der Waals surface area contributed by atoms with Gasteiger partial charge in [0.25, 0.3) is 5.91 Å². The minimum atomic E-state index is -0.644. The Labute approximate surface area is 139 Å². The molecule has 1 unspecified atom stereocenters. The number of hydrogen-bond donors (Lipinski definition) is 2. The first kappa shape index (κ1) is 14.8. The Morgan fingerprint density at radius 3 is 2.83 bits per heavy atom. The van der Waals surface area contributed by atoms with E-state index in [0.717, 1.165) is 23.1 Å². The number of aromatic nitrogens is 1. The highest BCUT2D eigenvalue weighted by molar-refractivity contribution is 5.86. The first-order valence-electron chi connectivity index (χ1n) is 7.95. The van der Waals surface area contributed by atoms with Crippen molar-refractivity contribution in [3.63, 3.8) is 0 Å². The van der Waals surface area contributed by atoms with Crippen LogP contribution in [-0.2, 0) is 18.3 Å². The molecule has 5 heteroatoms. The van der Waals surface area contributed by atoms with Gasteiger partial charge in [-0.15, -0.1) is 0 Å². The lowest BCUT2D eigenvalue weighted by atomic mass is 9.97. The number of aryl methyl sites for hydroxylation is 2. The quantitative estimate of drug-likeness (QED) is 0.563. The SMILES string of the molecule is Cn1ccc2cc(-c3ccc4c(c3)OC(C(=O)NO)CC4)ccc21. The lowest BCUT2D eigenvalue weighted by Gasteiger charge is -2.25. The smallest absolute Gasteiger partial charge is 0.284 e. The number of carbonyl (C=O) groups is 1. The average Bonchev–Trinajstić information content (AvgIpc) is 3.00. The highest BCUT2D eigenvalue weighted by Gasteiger charge is 2.26. The summed E-state index contributed by atoms with van der Waals surface area (Å²) in [6.07, 6.45) is 2.72. The molecule has 0 bridgehead atoms. The molecule has 0 saturated carbocycles. The first-order chi connectivity index (χ1) is 11.7. The van der Waals surface area contributed by atoms with E-state index in [1.165, 1.54) is 10.9 Å². The average molecular weight is 322 g/mol. The minimum absolute atomic E-state index is 0.503. The van der Waals surface area contributed by atoms with E-state index in [0.29, 0.717) is 12.2 Å². The predicted octanol–water partition coefficient (Wildman–Crippen LogP) is 3.04. The van der Waals surface area contributed by atoms with Gasteiger partial charge in [-0.1, -0.05) is 18.2 Å². The minimum Gasteiger partial charge on any atom is -0.480 e. The van der Waals surface area contributed by atoms with Crippen LogP contribution < -0.4 is 10.2 Å². The van der Waals surface area contributed by atoms with Crippen LogP contribution in [0.1, 0.15) is 12.0 Å². The fourth-order valence-electron chi connectivity index (χ4n) is 3.27. The molecule has 2 heterocycles. The van der Waals surface area contributed by atoms with Crippen molar-refractivity contribution in [2.24, 2.45) is 7.05 Å². The Bertz CT molecular complexity index is 930. The zero-order valence-electron chi connectivity index (χ0n) is 13.3. The van der Waals surface area contributed by atoms with Crippen LogP contribution >= 0.6 is 0 Å². The van der Waals surface area contributed by atoms with E-state index in [4.69, 9.17) is 9.94 Å². The monoisotopic (exact) mass is 322 g/mol. The fraction of sp³-hybridized carbons (Fsp3) is 0.211. The van der Waals surface area contributed by atoms with Gasteiger partial charge in [0.05, 0.1) is 0 Å². The van der Waals surface area contributed by atoms with Crippen LogP contribution in [0.25, 0.3) is 22.0 Å². The second-order valence-electron chi connectivity index (χ2n) is 6.14. The summed E-state index contributed by atoms with van der Waals surface area (Å²) in [4.78, 5) is 11.6. The molecule has 24 heavy (non-hydrogen) atoms.